The van der Waals surface area contributed by atoms with Crippen LogP contribution in [0.2, 0.25) is 0 Å². The third-order valence-electron chi connectivity index (χ3n) is 2.99. The Labute approximate surface area is 118 Å². The van der Waals surface area contributed by atoms with E-state index in [0.717, 1.165) is 12.1 Å². The number of para-hydroxylation sites is 1. The van der Waals surface area contributed by atoms with Gasteiger partial charge in [-0.15, -0.1) is 0 Å². The Morgan fingerprint density at radius 3 is 2.65 bits per heavy atom. The summed E-state index contributed by atoms with van der Waals surface area (Å²) in [6.07, 6.45) is 0.924. The van der Waals surface area contributed by atoms with Gasteiger partial charge in [0.05, 0.1) is 12.3 Å². The van der Waals surface area contributed by atoms with Crippen LogP contribution in [-0.2, 0) is 0 Å². The van der Waals surface area contributed by atoms with Crippen LogP contribution in [0.3, 0.4) is 0 Å². The van der Waals surface area contributed by atoms with E-state index in [-0.39, 0.29) is 5.82 Å². The molecule has 0 radical (unpaired) electrons. The van der Waals surface area contributed by atoms with Gasteiger partial charge in [0, 0.05) is 30.6 Å². The Bertz CT molecular complexity index is 586. The SMILES string of the molecule is CCCOc1cc(N)cc(N(C)c2ccccc2F)c1. The summed E-state index contributed by atoms with van der Waals surface area (Å²) in [5.74, 6) is 0.429. The standard InChI is InChI=1S/C16H19FN2O/c1-3-8-20-14-10-12(18)9-13(11-14)19(2)16-7-5-4-6-15(16)17/h4-7,9-11H,3,8,18H2,1-2H3. The van der Waals surface area contributed by atoms with Crippen molar-refractivity contribution >= 4 is 17.1 Å². The summed E-state index contributed by atoms with van der Waals surface area (Å²) >= 11 is 0. The zero-order valence-corrected chi connectivity index (χ0v) is 11.8. The molecule has 0 saturated carbocycles. The van der Waals surface area contributed by atoms with Gasteiger partial charge in [-0.1, -0.05) is 19.1 Å². The Balaban J connectivity index is 2.32. The molecule has 0 bridgehead atoms. The van der Waals surface area contributed by atoms with Crippen LogP contribution in [0.4, 0.5) is 21.5 Å². The van der Waals surface area contributed by atoms with Gasteiger partial charge in [0.2, 0.25) is 0 Å². The summed E-state index contributed by atoms with van der Waals surface area (Å²) in [6.45, 7) is 2.67. The van der Waals surface area contributed by atoms with Gasteiger partial charge in [-0.3, -0.25) is 0 Å². The minimum atomic E-state index is -0.270. The van der Waals surface area contributed by atoms with E-state index < -0.39 is 0 Å². The van der Waals surface area contributed by atoms with Gasteiger partial charge in [-0.05, 0) is 24.6 Å². The second-order valence-corrected chi connectivity index (χ2v) is 4.62. The van der Waals surface area contributed by atoms with E-state index in [1.54, 1.807) is 42.3 Å². The summed E-state index contributed by atoms with van der Waals surface area (Å²) in [6, 6.07) is 12.1. The third-order valence-corrected chi connectivity index (χ3v) is 2.99. The van der Waals surface area contributed by atoms with E-state index in [1.807, 2.05) is 13.0 Å². The summed E-state index contributed by atoms with van der Waals surface area (Å²) in [5.41, 5.74) is 7.77. The molecule has 4 heteroatoms. The zero-order valence-electron chi connectivity index (χ0n) is 11.8. The average molecular weight is 274 g/mol. The van der Waals surface area contributed by atoms with Crippen molar-refractivity contribution in [3.05, 3.63) is 48.3 Å². The maximum Gasteiger partial charge on any atom is 0.146 e. The molecule has 0 fully saturated rings. The van der Waals surface area contributed by atoms with Crippen LogP contribution in [0.1, 0.15) is 13.3 Å². The van der Waals surface area contributed by atoms with Crippen LogP contribution in [0.25, 0.3) is 0 Å². The van der Waals surface area contributed by atoms with Crippen molar-refractivity contribution in [2.24, 2.45) is 0 Å². The van der Waals surface area contributed by atoms with Crippen LogP contribution in [0, 0.1) is 5.82 Å². The zero-order chi connectivity index (χ0) is 14.5. The van der Waals surface area contributed by atoms with Crippen LogP contribution in [0.15, 0.2) is 42.5 Å². The van der Waals surface area contributed by atoms with Gasteiger partial charge in [0.25, 0.3) is 0 Å². The molecule has 0 aliphatic heterocycles. The number of hydrogen-bond acceptors (Lipinski definition) is 3. The van der Waals surface area contributed by atoms with E-state index in [2.05, 4.69) is 0 Å². The fraction of sp³-hybridized carbons (Fsp3) is 0.250. The predicted molar refractivity (Wildman–Crippen MR) is 81.1 cm³/mol. The molecule has 2 aromatic carbocycles. The normalized spacial score (nSPS) is 10.3. The second-order valence-electron chi connectivity index (χ2n) is 4.62. The average Bonchev–Trinajstić information content (AvgIpc) is 2.44. The van der Waals surface area contributed by atoms with Crippen LogP contribution >= 0.6 is 0 Å². The van der Waals surface area contributed by atoms with Crippen molar-refractivity contribution in [1.82, 2.24) is 0 Å². The van der Waals surface area contributed by atoms with Crippen molar-refractivity contribution in [2.45, 2.75) is 13.3 Å². The molecule has 2 N–H and O–H groups in total. The van der Waals surface area contributed by atoms with E-state index in [1.165, 1.54) is 6.07 Å². The lowest BCUT2D eigenvalue weighted by atomic mass is 10.2. The van der Waals surface area contributed by atoms with Gasteiger partial charge in [-0.2, -0.15) is 0 Å². The molecule has 20 heavy (non-hydrogen) atoms. The number of nitrogens with two attached hydrogens (primary N) is 1. The molecule has 0 unspecified atom stereocenters. The maximum atomic E-state index is 13.8. The molecule has 0 heterocycles. The highest BCUT2D eigenvalue weighted by Crippen LogP contribution is 2.31. The van der Waals surface area contributed by atoms with Crippen molar-refractivity contribution in [3.8, 4) is 5.75 Å². The molecule has 0 aliphatic rings. The van der Waals surface area contributed by atoms with E-state index in [0.29, 0.717) is 23.7 Å². The first-order valence-corrected chi connectivity index (χ1v) is 6.63. The Kier molecular flexibility index (Phi) is 4.45. The number of nitrogens with zero attached hydrogens (tertiary/aromatic N) is 1. The number of benzene rings is 2. The fourth-order valence-corrected chi connectivity index (χ4v) is 1.97. The molecule has 0 aromatic heterocycles. The number of ether oxygens (including phenoxy) is 1. The van der Waals surface area contributed by atoms with Gasteiger partial charge in [0.15, 0.2) is 0 Å². The molecule has 0 saturated heterocycles. The van der Waals surface area contributed by atoms with Gasteiger partial charge in [-0.25, -0.2) is 4.39 Å². The number of hydrogen-bond donors (Lipinski definition) is 1. The minimum absolute atomic E-state index is 0.270. The number of halogens is 1. The van der Waals surface area contributed by atoms with Crippen LogP contribution in [-0.4, -0.2) is 13.7 Å². The topological polar surface area (TPSA) is 38.5 Å². The van der Waals surface area contributed by atoms with Gasteiger partial charge in [0.1, 0.15) is 11.6 Å². The molecule has 0 spiro atoms. The molecule has 106 valence electrons. The third kappa shape index (κ3) is 3.20. The first-order chi connectivity index (χ1) is 9.61. The quantitative estimate of drug-likeness (QED) is 0.839. The summed E-state index contributed by atoms with van der Waals surface area (Å²) in [5, 5.41) is 0. The first-order valence-electron chi connectivity index (χ1n) is 6.63. The number of nitrogen functional groups attached to an aromatic ring is 1. The molecular formula is C16H19FN2O. The smallest absolute Gasteiger partial charge is 0.146 e. The lowest BCUT2D eigenvalue weighted by Gasteiger charge is -2.21. The van der Waals surface area contributed by atoms with Crippen molar-refractivity contribution in [2.75, 3.05) is 24.3 Å². The fourth-order valence-electron chi connectivity index (χ4n) is 1.97. The molecule has 2 rings (SSSR count). The summed E-state index contributed by atoms with van der Waals surface area (Å²) in [7, 11) is 1.80. The lowest BCUT2D eigenvalue weighted by Crippen LogP contribution is -2.11. The molecular weight excluding hydrogens is 255 g/mol. The second kappa shape index (κ2) is 6.28. The van der Waals surface area contributed by atoms with E-state index in [4.69, 9.17) is 10.5 Å². The van der Waals surface area contributed by atoms with Crippen molar-refractivity contribution < 1.29 is 9.13 Å². The predicted octanol–water partition coefficient (Wildman–Crippen LogP) is 3.96. The molecule has 0 amide bonds. The Hall–Kier alpha value is -2.23. The van der Waals surface area contributed by atoms with E-state index >= 15 is 0 Å². The first kappa shape index (κ1) is 14.2. The lowest BCUT2D eigenvalue weighted by molar-refractivity contribution is 0.317. The Morgan fingerprint density at radius 2 is 1.95 bits per heavy atom. The summed E-state index contributed by atoms with van der Waals surface area (Å²) in [4.78, 5) is 1.75. The molecule has 2 aromatic rings. The number of anilines is 3. The molecule has 0 aliphatic carbocycles. The highest BCUT2D eigenvalue weighted by molar-refractivity contribution is 5.68. The molecule has 3 nitrogen and oxygen atoms in total. The maximum absolute atomic E-state index is 13.8. The van der Waals surface area contributed by atoms with Gasteiger partial charge >= 0.3 is 0 Å². The van der Waals surface area contributed by atoms with E-state index in [9.17, 15) is 4.39 Å². The summed E-state index contributed by atoms with van der Waals surface area (Å²) < 4.78 is 19.4. The highest BCUT2D eigenvalue weighted by Gasteiger charge is 2.10. The van der Waals surface area contributed by atoms with Gasteiger partial charge < -0.3 is 15.4 Å². The molecule has 0 atom stereocenters. The largest absolute Gasteiger partial charge is 0.493 e. The number of rotatable bonds is 5. The van der Waals surface area contributed by atoms with Crippen LogP contribution < -0.4 is 15.4 Å². The monoisotopic (exact) mass is 274 g/mol. The van der Waals surface area contributed by atoms with Crippen molar-refractivity contribution in [1.29, 1.82) is 0 Å². The van der Waals surface area contributed by atoms with Crippen molar-refractivity contribution in [3.63, 3.8) is 0 Å². The minimum Gasteiger partial charge on any atom is -0.493 e. The highest BCUT2D eigenvalue weighted by atomic mass is 19.1. The Morgan fingerprint density at radius 1 is 1.20 bits per heavy atom. The van der Waals surface area contributed by atoms with Crippen LogP contribution in [0.5, 0.6) is 5.75 Å².